The van der Waals surface area contributed by atoms with Crippen LogP contribution >= 0.6 is 0 Å². The predicted octanol–water partition coefficient (Wildman–Crippen LogP) is 5.57. The molecule has 1 rings (SSSR count). The number of aryl methyl sites for hydroxylation is 1. The molecule has 0 saturated carbocycles. The molecule has 120 valence electrons. The zero-order valence-corrected chi connectivity index (χ0v) is 14.6. The summed E-state index contributed by atoms with van der Waals surface area (Å²) in [5, 5.41) is 2.94. The largest absolute Gasteiger partial charge is 0.322 e. The van der Waals surface area contributed by atoms with E-state index in [1.807, 2.05) is 64.1 Å². The van der Waals surface area contributed by atoms with Gasteiger partial charge in [-0.1, -0.05) is 63.6 Å². The van der Waals surface area contributed by atoms with Gasteiger partial charge in [0.15, 0.2) is 0 Å². The van der Waals surface area contributed by atoms with Gasteiger partial charge in [-0.25, -0.2) is 0 Å². The number of allylic oxidation sites excluding steroid dienone is 4. The minimum atomic E-state index is -0.0863. The maximum atomic E-state index is 12.3. The number of carbonyl (C=O) groups excluding carboxylic acids is 1. The topological polar surface area (TPSA) is 29.1 Å². The number of hydrogen-bond donors (Lipinski definition) is 1. The van der Waals surface area contributed by atoms with Crippen LogP contribution in [0, 0.1) is 6.92 Å². The average molecular weight is 299 g/mol. The van der Waals surface area contributed by atoms with Crippen LogP contribution in [0.2, 0.25) is 0 Å². The number of hydrogen-bond acceptors (Lipinski definition) is 1. The van der Waals surface area contributed by atoms with Crippen molar-refractivity contribution in [2.24, 2.45) is 0 Å². The SMILES string of the molecule is C=C(C)/C=C(\C=C/CCC)NC(=O)c1ccccc1C.CC. The molecule has 0 spiro atoms. The van der Waals surface area contributed by atoms with E-state index >= 15 is 0 Å². The van der Waals surface area contributed by atoms with Gasteiger partial charge in [0, 0.05) is 11.3 Å². The summed E-state index contributed by atoms with van der Waals surface area (Å²) < 4.78 is 0. The molecule has 1 aromatic carbocycles. The Hall–Kier alpha value is -2.09. The molecule has 0 aliphatic rings. The van der Waals surface area contributed by atoms with Gasteiger partial charge in [0.25, 0.3) is 5.91 Å². The van der Waals surface area contributed by atoms with Gasteiger partial charge in [-0.3, -0.25) is 4.79 Å². The van der Waals surface area contributed by atoms with Crippen molar-refractivity contribution < 1.29 is 4.79 Å². The van der Waals surface area contributed by atoms with Gasteiger partial charge in [-0.05, 0) is 44.1 Å². The van der Waals surface area contributed by atoms with E-state index in [1.165, 1.54) is 0 Å². The second kappa shape index (κ2) is 11.6. The van der Waals surface area contributed by atoms with E-state index in [1.54, 1.807) is 0 Å². The summed E-state index contributed by atoms with van der Waals surface area (Å²) >= 11 is 0. The second-order valence-electron chi connectivity index (χ2n) is 4.91. The number of amides is 1. The highest BCUT2D eigenvalue weighted by Crippen LogP contribution is 2.09. The molecule has 0 fully saturated rings. The number of benzene rings is 1. The molecule has 1 amide bonds. The maximum Gasteiger partial charge on any atom is 0.255 e. The Morgan fingerprint density at radius 1 is 1.27 bits per heavy atom. The van der Waals surface area contributed by atoms with Crippen LogP contribution in [-0.4, -0.2) is 5.91 Å². The molecule has 2 heteroatoms. The zero-order chi connectivity index (χ0) is 17.0. The lowest BCUT2D eigenvalue weighted by Gasteiger charge is -2.08. The first-order valence-corrected chi connectivity index (χ1v) is 7.95. The number of unbranched alkanes of at least 4 members (excludes halogenated alkanes) is 1. The van der Waals surface area contributed by atoms with Crippen LogP contribution < -0.4 is 5.32 Å². The second-order valence-corrected chi connectivity index (χ2v) is 4.91. The smallest absolute Gasteiger partial charge is 0.255 e. The minimum absolute atomic E-state index is 0.0863. The maximum absolute atomic E-state index is 12.3. The molecule has 0 unspecified atom stereocenters. The Morgan fingerprint density at radius 2 is 1.91 bits per heavy atom. The van der Waals surface area contributed by atoms with E-state index in [0.29, 0.717) is 5.56 Å². The van der Waals surface area contributed by atoms with E-state index in [2.05, 4.69) is 24.9 Å². The highest BCUT2D eigenvalue weighted by Gasteiger charge is 2.08. The summed E-state index contributed by atoms with van der Waals surface area (Å²) in [7, 11) is 0. The van der Waals surface area contributed by atoms with Gasteiger partial charge in [-0.2, -0.15) is 0 Å². The lowest BCUT2D eigenvalue weighted by Crippen LogP contribution is -2.22. The van der Waals surface area contributed by atoms with Crippen LogP contribution in [0.15, 0.2) is 60.3 Å². The summed E-state index contributed by atoms with van der Waals surface area (Å²) in [6.45, 7) is 13.8. The fourth-order valence-corrected chi connectivity index (χ4v) is 1.79. The highest BCUT2D eigenvalue weighted by molar-refractivity contribution is 5.96. The van der Waals surface area contributed by atoms with Crippen molar-refractivity contribution in [1.82, 2.24) is 5.32 Å². The zero-order valence-electron chi connectivity index (χ0n) is 14.6. The molecule has 0 aromatic heterocycles. The van der Waals surface area contributed by atoms with E-state index in [4.69, 9.17) is 0 Å². The van der Waals surface area contributed by atoms with Crippen molar-refractivity contribution in [2.75, 3.05) is 0 Å². The number of nitrogens with one attached hydrogen (secondary N) is 1. The highest BCUT2D eigenvalue weighted by atomic mass is 16.1. The number of carbonyl (C=O) groups is 1. The molecule has 0 aliphatic heterocycles. The normalized spacial score (nSPS) is 10.9. The lowest BCUT2D eigenvalue weighted by molar-refractivity contribution is 0.0966. The summed E-state index contributed by atoms with van der Waals surface area (Å²) in [5.74, 6) is -0.0863. The van der Waals surface area contributed by atoms with Crippen molar-refractivity contribution in [1.29, 1.82) is 0 Å². The fourth-order valence-electron chi connectivity index (χ4n) is 1.79. The molecule has 0 aliphatic carbocycles. The van der Waals surface area contributed by atoms with Gasteiger partial charge in [-0.15, -0.1) is 0 Å². The Morgan fingerprint density at radius 3 is 2.45 bits per heavy atom. The third-order valence-electron chi connectivity index (χ3n) is 2.80. The first-order chi connectivity index (χ1) is 10.5. The molecule has 1 aromatic rings. The van der Waals surface area contributed by atoms with Crippen LogP contribution in [0.1, 0.15) is 56.5 Å². The van der Waals surface area contributed by atoms with E-state index < -0.39 is 0 Å². The van der Waals surface area contributed by atoms with E-state index in [0.717, 1.165) is 29.7 Å². The minimum Gasteiger partial charge on any atom is -0.322 e. The molecular weight excluding hydrogens is 270 g/mol. The fraction of sp³-hybridized carbons (Fsp3) is 0.350. The van der Waals surface area contributed by atoms with Crippen LogP contribution in [-0.2, 0) is 0 Å². The molecule has 0 heterocycles. The van der Waals surface area contributed by atoms with Crippen LogP contribution in [0.3, 0.4) is 0 Å². The van der Waals surface area contributed by atoms with Gasteiger partial charge < -0.3 is 5.32 Å². The Labute approximate surface area is 135 Å². The van der Waals surface area contributed by atoms with Crippen LogP contribution in [0.25, 0.3) is 0 Å². The van der Waals surface area contributed by atoms with Gasteiger partial charge in [0.1, 0.15) is 0 Å². The van der Waals surface area contributed by atoms with Gasteiger partial charge in [0.2, 0.25) is 0 Å². The van der Waals surface area contributed by atoms with E-state index in [9.17, 15) is 4.79 Å². The molecular formula is C20H29NO. The van der Waals surface area contributed by atoms with E-state index in [-0.39, 0.29) is 5.91 Å². The Bertz CT molecular complexity index is 538. The van der Waals surface area contributed by atoms with Crippen molar-refractivity contribution in [3.05, 3.63) is 71.5 Å². The summed E-state index contributed by atoms with van der Waals surface area (Å²) in [6.07, 6.45) is 7.96. The van der Waals surface area contributed by atoms with Crippen molar-refractivity contribution in [3.8, 4) is 0 Å². The van der Waals surface area contributed by atoms with Crippen LogP contribution in [0.4, 0.5) is 0 Å². The van der Waals surface area contributed by atoms with Crippen molar-refractivity contribution in [3.63, 3.8) is 0 Å². The third kappa shape index (κ3) is 7.63. The van der Waals surface area contributed by atoms with Gasteiger partial charge in [0.05, 0.1) is 0 Å². The molecule has 0 saturated heterocycles. The molecule has 1 N–H and O–H groups in total. The quantitative estimate of drug-likeness (QED) is 0.684. The monoisotopic (exact) mass is 299 g/mol. The summed E-state index contributed by atoms with van der Waals surface area (Å²) in [5.41, 5.74) is 3.35. The predicted molar refractivity (Wildman–Crippen MR) is 96.9 cm³/mol. The summed E-state index contributed by atoms with van der Waals surface area (Å²) in [6, 6.07) is 7.57. The number of rotatable bonds is 6. The molecule has 2 nitrogen and oxygen atoms in total. The standard InChI is InChI=1S/C18H23NO.C2H6/c1-5-6-7-11-16(13-14(2)3)19-18(20)17-12-9-8-10-15(17)4;1-2/h7-13H,2,5-6H2,1,3-4H3,(H,19,20);1-2H3/b11-7-,16-13+;. The third-order valence-corrected chi connectivity index (χ3v) is 2.80. The molecule has 0 bridgehead atoms. The first kappa shape index (κ1) is 19.9. The van der Waals surface area contributed by atoms with Gasteiger partial charge >= 0.3 is 0 Å². The lowest BCUT2D eigenvalue weighted by atomic mass is 10.1. The molecule has 0 radical (unpaired) electrons. The first-order valence-electron chi connectivity index (χ1n) is 7.95. The van der Waals surface area contributed by atoms with Crippen molar-refractivity contribution in [2.45, 2.75) is 47.5 Å². The Kier molecular flexibility index (Phi) is 10.5. The molecule has 0 atom stereocenters. The average Bonchev–Trinajstić information content (AvgIpc) is 2.49. The summed E-state index contributed by atoms with van der Waals surface area (Å²) in [4.78, 5) is 12.3. The van der Waals surface area contributed by atoms with Crippen molar-refractivity contribution >= 4 is 5.91 Å². The van der Waals surface area contributed by atoms with Crippen LogP contribution in [0.5, 0.6) is 0 Å². The molecule has 22 heavy (non-hydrogen) atoms. The Balaban J connectivity index is 0.00000211.